The average Bonchev–Trinajstić information content (AvgIpc) is 2.79. The Kier molecular flexibility index (Phi) is 6.40. The second kappa shape index (κ2) is 9.36. The Bertz CT molecular complexity index is 829. The first-order valence-electron chi connectivity index (χ1n) is 10.5. The number of rotatable bonds is 5. The van der Waals surface area contributed by atoms with Gasteiger partial charge in [-0.3, -0.25) is 4.90 Å². The van der Waals surface area contributed by atoms with Gasteiger partial charge in [-0.1, -0.05) is 30.3 Å². The molecule has 2 aliphatic heterocycles. The molecule has 2 aromatic rings. The predicted octanol–water partition coefficient (Wildman–Crippen LogP) is 1.75. The molecule has 2 atom stereocenters. The van der Waals surface area contributed by atoms with Crippen molar-refractivity contribution in [3.8, 4) is 6.07 Å². The molecule has 152 valence electrons. The summed E-state index contributed by atoms with van der Waals surface area (Å²) < 4.78 is 0. The average molecular weight is 392 g/mol. The second-order valence-electron chi connectivity index (χ2n) is 7.97. The molecule has 2 aliphatic rings. The lowest BCUT2D eigenvalue weighted by molar-refractivity contribution is 0.00967. The summed E-state index contributed by atoms with van der Waals surface area (Å²) in [5, 5.41) is 20.1. The second-order valence-corrected chi connectivity index (χ2v) is 7.97. The number of aliphatic hydroxyl groups is 1. The first-order valence-corrected chi connectivity index (χ1v) is 10.5. The van der Waals surface area contributed by atoms with E-state index in [0.29, 0.717) is 17.9 Å². The summed E-state index contributed by atoms with van der Waals surface area (Å²) in [7, 11) is 0. The number of pyridine rings is 1. The maximum atomic E-state index is 10.8. The summed E-state index contributed by atoms with van der Waals surface area (Å²) in [5.74, 6) is 0.693. The molecule has 0 spiro atoms. The molecule has 0 unspecified atom stereocenters. The van der Waals surface area contributed by atoms with Crippen molar-refractivity contribution in [3.63, 3.8) is 0 Å². The van der Waals surface area contributed by atoms with Crippen molar-refractivity contribution in [1.29, 1.82) is 5.26 Å². The van der Waals surface area contributed by atoms with Crippen LogP contribution in [0, 0.1) is 11.3 Å². The summed E-state index contributed by atoms with van der Waals surface area (Å²) in [5.41, 5.74) is 1.97. The van der Waals surface area contributed by atoms with E-state index < -0.39 is 6.10 Å². The monoisotopic (exact) mass is 391 g/mol. The quantitative estimate of drug-likeness (QED) is 0.838. The number of β-amino-alcohol motifs (C(OH)–C–C–N with tert-alkyl or cyclic N) is 1. The van der Waals surface area contributed by atoms with Gasteiger partial charge in [0, 0.05) is 58.1 Å². The molecule has 0 aliphatic carbocycles. The van der Waals surface area contributed by atoms with E-state index in [2.05, 4.69) is 56.1 Å². The van der Waals surface area contributed by atoms with Crippen molar-refractivity contribution in [2.75, 3.05) is 50.7 Å². The smallest absolute Gasteiger partial charge is 0.146 e. The maximum absolute atomic E-state index is 10.8. The number of anilines is 1. The van der Waals surface area contributed by atoms with Crippen molar-refractivity contribution < 1.29 is 5.11 Å². The number of benzene rings is 1. The highest BCUT2D eigenvalue weighted by atomic mass is 16.3. The molecule has 6 heteroatoms. The fourth-order valence-electron chi connectivity index (χ4n) is 4.52. The number of nitrogens with zero attached hydrogens (tertiary/aromatic N) is 5. The van der Waals surface area contributed by atoms with Gasteiger partial charge in [0.05, 0.1) is 11.7 Å². The van der Waals surface area contributed by atoms with E-state index in [9.17, 15) is 10.4 Å². The Hall–Kier alpha value is -2.46. The van der Waals surface area contributed by atoms with Gasteiger partial charge in [-0.2, -0.15) is 5.26 Å². The van der Waals surface area contributed by atoms with Crippen LogP contribution in [0.25, 0.3) is 0 Å². The van der Waals surface area contributed by atoms with Crippen molar-refractivity contribution in [2.24, 2.45) is 0 Å². The van der Waals surface area contributed by atoms with Gasteiger partial charge in [0.1, 0.15) is 11.9 Å². The molecule has 1 aromatic heterocycles. The lowest BCUT2D eigenvalue weighted by Crippen LogP contribution is -2.59. The van der Waals surface area contributed by atoms with E-state index in [1.165, 1.54) is 5.56 Å². The third-order valence-electron chi connectivity index (χ3n) is 6.19. The first-order chi connectivity index (χ1) is 14.2. The number of hydrogen-bond donors (Lipinski definition) is 1. The fourth-order valence-corrected chi connectivity index (χ4v) is 4.52. The number of hydrogen-bond acceptors (Lipinski definition) is 6. The highest BCUT2D eigenvalue weighted by molar-refractivity contribution is 5.53. The molecular weight excluding hydrogens is 362 g/mol. The molecule has 3 heterocycles. The van der Waals surface area contributed by atoms with Gasteiger partial charge < -0.3 is 14.9 Å². The highest BCUT2D eigenvalue weighted by Gasteiger charge is 2.34. The van der Waals surface area contributed by atoms with E-state index in [0.717, 1.165) is 52.1 Å². The normalized spacial score (nSPS) is 23.7. The zero-order valence-electron chi connectivity index (χ0n) is 16.8. The topological polar surface area (TPSA) is 66.6 Å². The summed E-state index contributed by atoms with van der Waals surface area (Å²) in [4.78, 5) is 11.4. The van der Waals surface area contributed by atoms with E-state index in [-0.39, 0.29) is 6.04 Å². The van der Waals surface area contributed by atoms with Crippen molar-refractivity contribution >= 4 is 5.82 Å². The Morgan fingerprint density at radius 2 is 1.83 bits per heavy atom. The minimum atomic E-state index is -0.423. The molecular formula is C23H29N5O. The van der Waals surface area contributed by atoms with Gasteiger partial charge in [-0.05, 0) is 30.5 Å². The molecule has 6 nitrogen and oxygen atoms in total. The van der Waals surface area contributed by atoms with Gasteiger partial charge >= 0.3 is 0 Å². The molecule has 1 N–H and O–H groups in total. The first kappa shape index (κ1) is 19.8. The number of piperidine rings is 1. The van der Waals surface area contributed by atoms with Crippen LogP contribution in [0.4, 0.5) is 5.82 Å². The van der Waals surface area contributed by atoms with Crippen LogP contribution in [0.5, 0.6) is 0 Å². The number of aliphatic hydroxyl groups excluding tert-OH is 1. The minimum Gasteiger partial charge on any atom is -0.390 e. The van der Waals surface area contributed by atoms with Crippen molar-refractivity contribution in [3.05, 3.63) is 59.8 Å². The molecule has 29 heavy (non-hydrogen) atoms. The molecule has 4 rings (SSSR count). The number of piperazine rings is 1. The zero-order valence-corrected chi connectivity index (χ0v) is 16.8. The largest absolute Gasteiger partial charge is 0.390 e. The van der Waals surface area contributed by atoms with Crippen LogP contribution in [0.1, 0.15) is 17.5 Å². The molecule has 1 aromatic carbocycles. The van der Waals surface area contributed by atoms with Crippen LogP contribution in [0.3, 0.4) is 0 Å². The van der Waals surface area contributed by atoms with E-state index in [4.69, 9.17) is 0 Å². The minimum absolute atomic E-state index is 0.191. The van der Waals surface area contributed by atoms with Crippen molar-refractivity contribution in [2.45, 2.75) is 25.0 Å². The third kappa shape index (κ3) is 4.76. The van der Waals surface area contributed by atoms with Crippen LogP contribution in [0.2, 0.25) is 0 Å². The third-order valence-corrected chi connectivity index (χ3v) is 6.19. The van der Waals surface area contributed by atoms with Gasteiger partial charge in [0.2, 0.25) is 0 Å². The predicted molar refractivity (Wildman–Crippen MR) is 114 cm³/mol. The zero-order chi connectivity index (χ0) is 20.1. The lowest BCUT2D eigenvalue weighted by Gasteiger charge is -2.45. The Labute approximate surface area is 173 Å². The Morgan fingerprint density at radius 1 is 1.03 bits per heavy atom. The van der Waals surface area contributed by atoms with Crippen LogP contribution in [-0.4, -0.2) is 77.8 Å². The molecule has 0 saturated carbocycles. The molecule has 2 fully saturated rings. The molecule has 2 saturated heterocycles. The van der Waals surface area contributed by atoms with Gasteiger partial charge in [0.25, 0.3) is 0 Å². The van der Waals surface area contributed by atoms with E-state index in [1.807, 2.05) is 0 Å². The summed E-state index contributed by atoms with van der Waals surface area (Å²) in [6.07, 6.45) is 3.27. The summed E-state index contributed by atoms with van der Waals surface area (Å²) >= 11 is 0. The molecule has 0 amide bonds. The van der Waals surface area contributed by atoms with Crippen LogP contribution in [-0.2, 0) is 6.42 Å². The van der Waals surface area contributed by atoms with Gasteiger partial charge in [-0.15, -0.1) is 0 Å². The van der Waals surface area contributed by atoms with Crippen LogP contribution in [0.15, 0.2) is 48.7 Å². The molecule has 0 radical (unpaired) electrons. The maximum Gasteiger partial charge on any atom is 0.146 e. The standard InChI is InChI=1S/C23H29N5O/c24-17-20-7-4-10-25-23(20)28-12-9-21(22(29)18-28)27-15-13-26(14-16-27)11-8-19-5-2-1-3-6-19/h1-7,10,21-22,29H,8-9,11-16,18H2/t21-,22-/m0/s1. The number of nitriles is 1. The van der Waals surface area contributed by atoms with Crippen LogP contribution < -0.4 is 4.90 Å². The Balaban J connectivity index is 1.27. The van der Waals surface area contributed by atoms with E-state index in [1.54, 1.807) is 18.3 Å². The Morgan fingerprint density at radius 3 is 2.55 bits per heavy atom. The fraction of sp³-hybridized carbons (Fsp3) is 0.478. The molecule has 0 bridgehead atoms. The summed E-state index contributed by atoms with van der Waals surface area (Å²) in [6, 6.07) is 16.6. The summed E-state index contributed by atoms with van der Waals surface area (Å²) in [6.45, 7) is 6.56. The SMILES string of the molecule is N#Cc1cccnc1N1CC[C@H](N2CCN(CCc3ccccc3)CC2)[C@@H](O)C1. The van der Waals surface area contributed by atoms with Crippen LogP contribution >= 0.6 is 0 Å². The van der Waals surface area contributed by atoms with Gasteiger partial charge in [-0.25, -0.2) is 4.98 Å². The van der Waals surface area contributed by atoms with E-state index >= 15 is 0 Å². The number of aromatic nitrogens is 1. The highest BCUT2D eigenvalue weighted by Crippen LogP contribution is 2.24. The van der Waals surface area contributed by atoms with Gasteiger partial charge in [0.15, 0.2) is 0 Å². The van der Waals surface area contributed by atoms with Crippen molar-refractivity contribution in [1.82, 2.24) is 14.8 Å². The lowest BCUT2D eigenvalue weighted by atomic mass is 9.98.